The average Bonchev–Trinajstić information content (AvgIpc) is 3.13. The summed E-state index contributed by atoms with van der Waals surface area (Å²) in [5.41, 5.74) is -0.301. The minimum absolute atomic E-state index is 0.0284. The fourth-order valence-electron chi connectivity index (χ4n) is 4.16. The second-order valence-electron chi connectivity index (χ2n) is 9.37. The molecule has 0 aliphatic rings. The minimum atomic E-state index is -0.961. The van der Waals surface area contributed by atoms with E-state index in [4.69, 9.17) is 25.8 Å². The van der Waals surface area contributed by atoms with Crippen LogP contribution in [0.15, 0.2) is 88.9 Å². The zero-order valence-corrected chi connectivity index (χ0v) is 31.5. The number of hydrogen-bond donors (Lipinski definition) is 0. The lowest BCUT2D eigenvalue weighted by Gasteiger charge is -2.26. The van der Waals surface area contributed by atoms with Crippen LogP contribution in [0.1, 0.15) is 62.5 Å². The highest BCUT2D eigenvalue weighted by Crippen LogP contribution is 2.34. The predicted molar refractivity (Wildman–Crippen MR) is 200 cm³/mol. The summed E-state index contributed by atoms with van der Waals surface area (Å²) >= 11 is 9.53. The van der Waals surface area contributed by atoms with Gasteiger partial charge in [0, 0.05) is 23.6 Å². The Kier molecular flexibility index (Phi) is 19.1. The second-order valence-corrected chi connectivity index (χ2v) is 10.7. The lowest BCUT2D eigenvalue weighted by Crippen LogP contribution is -2.33. The smallest absolute Gasteiger partial charge is 0.347 e. The summed E-state index contributed by atoms with van der Waals surface area (Å²) < 4.78 is 16.7. The van der Waals surface area contributed by atoms with Crippen molar-refractivity contribution in [2.24, 2.45) is 0 Å². The Bertz CT molecular complexity index is 1660. The molecule has 4 aromatic rings. The third-order valence-electron chi connectivity index (χ3n) is 6.44. The van der Waals surface area contributed by atoms with E-state index in [2.05, 4.69) is 34.4 Å². The quantitative estimate of drug-likeness (QED) is 0.0637. The number of nitro benzene ring substituents is 1. The largest absolute Gasteiger partial charge is 0.497 e. The predicted octanol–water partition coefficient (Wildman–Crippen LogP) is 9.20. The molecule has 264 valence electrons. The summed E-state index contributed by atoms with van der Waals surface area (Å²) in [6.07, 6.45) is 4.07. The van der Waals surface area contributed by atoms with E-state index in [0.29, 0.717) is 16.0 Å². The van der Waals surface area contributed by atoms with E-state index in [1.54, 1.807) is 43.4 Å². The number of carbonyl (C=O) groups is 1. The van der Waals surface area contributed by atoms with Gasteiger partial charge in [0.15, 0.2) is 11.4 Å². The van der Waals surface area contributed by atoms with Gasteiger partial charge < -0.3 is 19.1 Å². The number of carbonyl (C=O) groups excluding carboxylic acids is 1. The Morgan fingerprint density at radius 2 is 1.45 bits per heavy atom. The number of halogens is 2. The molecule has 0 aliphatic heterocycles. The Labute approximate surface area is 301 Å². The molecule has 0 bridgehead atoms. The van der Waals surface area contributed by atoms with Crippen molar-refractivity contribution in [2.75, 3.05) is 26.2 Å². The van der Waals surface area contributed by atoms with Gasteiger partial charge in [-0.05, 0) is 47.9 Å². The summed E-state index contributed by atoms with van der Waals surface area (Å²) in [6, 6.07) is 17.2. The number of rotatable bonds is 11. The Balaban J connectivity index is 0.00000137. The van der Waals surface area contributed by atoms with Crippen molar-refractivity contribution in [3.63, 3.8) is 0 Å². The summed E-state index contributed by atoms with van der Waals surface area (Å²) in [7, 11) is 4.26. The van der Waals surface area contributed by atoms with Crippen LogP contribution in [-0.2, 0) is 17.8 Å². The van der Waals surface area contributed by atoms with Gasteiger partial charge in [0.2, 0.25) is 0 Å². The number of anilines is 1. The van der Waals surface area contributed by atoms with Crippen LogP contribution < -0.4 is 19.9 Å². The van der Waals surface area contributed by atoms with Gasteiger partial charge in [-0.2, -0.15) is 0 Å². The van der Waals surface area contributed by atoms with Gasteiger partial charge in [-0.3, -0.25) is 19.5 Å². The SMILES string of the molecule is C=CCC.CC.CC.COC(=O)c1c(N(Cc2ccc(OC)cc2)Cc2ccc(OC)cc2)ncn(-c2c(Cl)cc(Br)cc2[N+](=O)[O-])c1=O. The molecule has 0 radical (unpaired) electrons. The molecule has 4 rings (SSSR count). The molecule has 3 aromatic carbocycles. The number of methoxy groups -OCH3 is 3. The summed E-state index contributed by atoms with van der Waals surface area (Å²) in [5.74, 6) is 0.400. The summed E-state index contributed by atoms with van der Waals surface area (Å²) in [6.45, 7) is 14.0. The van der Waals surface area contributed by atoms with E-state index in [-0.39, 0.29) is 29.6 Å². The molecular weight excluding hydrogens is 716 g/mol. The van der Waals surface area contributed by atoms with Crippen LogP contribution in [0.5, 0.6) is 11.5 Å². The maximum absolute atomic E-state index is 13.8. The monoisotopic (exact) mass is 758 g/mol. The molecule has 0 unspecified atom stereocenters. The highest BCUT2D eigenvalue weighted by Gasteiger charge is 2.29. The number of nitrogens with zero attached hydrogens (tertiary/aromatic N) is 4. The zero-order chi connectivity index (χ0) is 37.1. The first-order valence-electron chi connectivity index (χ1n) is 15.5. The highest BCUT2D eigenvalue weighted by atomic mass is 79.9. The maximum atomic E-state index is 13.8. The third-order valence-corrected chi connectivity index (χ3v) is 7.19. The molecule has 11 nitrogen and oxygen atoms in total. The van der Waals surface area contributed by atoms with Crippen LogP contribution in [0.4, 0.5) is 11.5 Å². The van der Waals surface area contributed by atoms with Gasteiger partial charge in [0.1, 0.15) is 23.5 Å². The van der Waals surface area contributed by atoms with E-state index in [1.165, 1.54) is 12.1 Å². The summed E-state index contributed by atoms with van der Waals surface area (Å²) in [5, 5.41) is 11.7. The minimum Gasteiger partial charge on any atom is -0.497 e. The van der Waals surface area contributed by atoms with Crippen molar-refractivity contribution < 1.29 is 23.9 Å². The normalized spacial score (nSPS) is 9.67. The molecule has 0 atom stereocenters. The molecule has 0 saturated heterocycles. The van der Waals surface area contributed by atoms with Gasteiger partial charge in [0.25, 0.3) is 11.2 Å². The molecule has 1 aromatic heterocycles. The van der Waals surface area contributed by atoms with Crippen LogP contribution in [-0.4, -0.2) is 41.8 Å². The summed E-state index contributed by atoms with van der Waals surface area (Å²) in [4.78, 5) is 44.3. The van der Waals surface area contributed by atoms with Crippen molar-refractivity contribution >= 4 is 45.0 Å². The molecule has 0 N–H and O–H groups in total. The number of aromatic nitrogens is 2. The molecule has 49 heavy (non-hydrogen) atoms. The van der Waals surface area contributed by atoms with Gasteiger partial charge >= 0.3 is 5.97 Å². The molecule has 0 fully saturated rings. The highest BCUT2D eigenvalue weighted by molar-refractivity contribution is 9.10. The van der Waals surface area contributed by atoms with Crippen molar-refractivity contribution in [1.82, 2.24) is 9.55 Å². The lowest BCUT2D eigenvalue weighted by atomic mass is 10.1. The van der Waals surface area contributed by atoms with E-state index in [0.717, 1.165) is 35.6 Å². The topological polar surface area (TPSA) is 126 Å². The van der Waals surface area contributed by atoms with E-state index in [9.17, 15) is 19.7 Å². The molecule has 0 saturated carbocycles. The fourth-order valence-corrected chi connectivity index (χ4v) is 5.05. The first-order chi connectivity index (χ1) is 23.6. The van der Waals surface area contributed by atoms with Crippen molar-refractivity contribution in [1.29, 1.82) is 0 Å². The van der Waals surface area contributed by atoms with E-state index >= 15 is 0 Å². The maximum Gasteiger partial charge on any atom is 0.347 e. The van der Waals surface area contributed by atoms with Crippen LogP contribution in [0.25, 0.3) is 5.69 Å². The van der Waals surface area contributed by atoms with Crippen LogP contribution >= 0.6 is 27.5 Å². The van der Waals surface area contributed by atoms with Crippen molar-refractivity contribution in [3.05, 3.63) is 126 Å². The molecule has 0 spiro atoms. The van der Waals surface area contributed by atoms with Gasteiger partial charge in [0.05, 0.1) is 31.3 Å². The first-order valence-corrected chi connectivity index (χ1v) is 16.7. The molecule has 0 amide bonds. The molecule has 1 heterocycles. The third kappa shape index (κ3) is 11.8. The number of nitro groups is 1. The first kappa shape index (κ1) is 42.3. The van der Waals surface area contributed by atoms with Gasteiger partial charge in [-0.25, -0.2) is 9.78 Å². The zero-order valence-electron chi connectivity index (χ0n) is 29.2. The van der Waals surface area contributed by atoms with Crippen LogP contribution in [0, 0.1) is 10.1 Å². The van der Waals surface area contributed by atoms with Gasteiger partial charge in [-0.15, -0.1) is 6.58 Å². The van der Waals surface area contributed by atoms with Crippen LogP contribution in [0.3, 0.4) is 0 Å². The van der Waals surface area contributed by atoms with Gasteiger partial charge in [-0.1, -0.05) is 92.5 Å². The second kappa shape index (κ2) is 22.0. The van der Waals surface area contributed by atoms with Crippen molar-refractivity contribution in [2.45, 2.75) is 54.1 Å². The van der Waals surface area contributed by atoms with Crippen LogP contribution in [0.2, 0.25) is 5.02 Å². The number of hydrogen-bond acceptors (Lipinski definition) is 9. The van der Waals surface area contributed by atoms with E-state index in [1.807, 2.05) is 58.0 Å². The Morgan fingerprint density at radius 1 is 0.980 bits per heavy atom. The molecular formula is C36H44BrClN4O7. The van der Waals surface area contributed by atoms with Crippen molar-refractivity contribution in [3.8, 4) is 17.2 Å². The van der Waals surface area contributed by atoms with E-state index < -0.39 is 27.7 Å². The standard InChI is InChI=1S/C28H24BrClN4O7.C4H8.2C2H6/c1-39-20-8-4-17(5-9-20)14-32(15-18-6-10-21(40-2)11-7-18)26-24(28(36)41-3)27(35)33(16-31-26)25-22(30)12-19(29)13-23(25)34(37)38;1-3-4-2;2*1-2/h4-13,16H,14-15H2,1-3H3;3H,1,4H2,2H3;2*1-2H3. The Hall–Kier alpha value is -4.68. The number of esters is 1. The molecule has 0 aliphatic carbocycles. The fraction of sp³-hybridized carbons (Fsp3) is 0.306. The molecule has 13 heteroatoms. The average molecular weight is 760 g/mol. The lowest BCUT2D eigenvalue weighted by molar-refractivity contribution is -0.384. The Morgan fingerprint density at radius 3 is 1.84 bits per heavy atom. The number of ether oxygens (including phenoxy) is 3. The number of benzene rings is 3. The number of allylic oxidation sites excluding steroid dienone is 1.